The third-order valence-corrected chi connectivity index (χ3v) is 2.65. The fourth-order valence-electron chi connectivity index (χ4n) is 1.26. The van der Waals surface area contributed by atoms with Gasteiger partial charge in [-0.15, -0.1) is 0 Å². The van der Waals surface area contributed by atoms with Crippen molar-refractivity contribution in [2.24, 2.45) is 21.1 Å². The Morgan fingerprint density at radius 3 is 0.885 bits per heavy atom. The van der Waals surface area contributed by atoms with Crippen molar-refractivity contribution >= 4 is 5.78 Å². The van der Waals surface area contributed by atoms with Crippen molar-refractivity contribution in [1.82, 2.24) is 0 Å². The molecule has 0 amide bonds. The molecule has 0 N–H and O–H groups in total. The summed E-state index contributed by atoms with van der Waals surface area (Å²) in [7, 11) is 0. The Labute approximate surface area is 315 Å². The molecule has 21 heteroatoms. The van der Waals surface area contributed by atoms with Crippen molar-refractivity contribution in [3.05, 3.63) is 41.7 Å². The second-order valence-corrected chi connectivity index (χ2v) is 3.79. The summed E-state index contributed by atoms with van der Waals surface area (Å²) in [5.41, 5.74) is -7.00. The first kappa shape index (κ1) is 39.5. The zero-order chi connectivity index (χ0) is 17.7. The molecule has 0 fully saturated rings. The first-order valence-electron chi connectivity index (χ1n) is 4.86. The van der Waals surface area contributed by atoms with E-state index in [4.69, 9.17) is 0 Å². The number of Topliss-reactive ketones (excluding diaryl/α,β-unsaturated/α-hetero) is 1. The van der Waals surface area contributed by atoms with Crippen LogP contribution in [-0.2, 0) is 4.79 Å². The van der Waals surface area contributed by atoms with E-state index >= 15 is 0 Å². The maximum Gasteiger partial charge on any atom is 1.00 e. The number of carbonyl (C=O) groups is 1. The van der Waals surface area contributed by atoms with Crippen molar-refractivity contribution in [2.45, 2.75) is 25.2 Å². The summed E-state index contributed by atoms with van der Waals surface area (Å²) in [5, 5.41) is 92.5. The largest absolute Gasteiger partial charge is 1.00 e. The molecule has 17 nitrogen and oxygen atoms in total. The van der Waals surface area contributed by atoms with Gasteiger partial charge in [0.15, 0.2) is 0 Å². The van der Waals surface area contributed by atoms with Crippen molar-refractivity contribution < 1.29 is 230 Å². The number of hydroxylamine groups is 4. The summed E-state index contributed by atoms with van der Waals surface area (Å²) in [6.07, 6.45) is 0. The number of hydrogen-bond acceptors (Lipinski definition) is 13. The summed E-state index contributed by atoms with van der Waals surface area (Å²) in [6.45, 7) is 0.543. The molecule has 0 aliphatic carbocycles. The summed E-state index contributed by atoms with van der Waals surface area (Å²) >= 11 is 0. The molecule has 0 aliphatic heterocycles. The molecule has 0 saturated carbocycles. The first-order chi connectivity index (χ1) is 10.1. The number of ketones is 1. The Morgan fingerprint density at radius 1 is 0.615 bits per heavy atom. The van der Waals surface area contributed by atoms with Gasteiger partial charge in [-0.3, -0.25) is 4.79 Å². The van der Waals surface area contributed by atoms with Gasteiger partial charge in [0.25, 0.3) is 0 Å². The molecule has 0 aromatic rings. The number of carbonyl (C=O) groups excluding carboxylic acids is 1. The minimum atomic E-state index is -3.50. The molecule has 0 heterocycles. The number of rotatable bonds is 6. The third-order valence-electron chi connectivity index (χ3n) is 2.65. The van der Waals surface area contributed by atoms with E-state index in [9.17, 15) is 46.5 Å². The molecule has 0 atom stereocenters. The Balaban J connectivity index is -0.000000367. The second kappa shape index (κ2) is 17.7. The molecule has 124 valence electrons. The van der Waals surface area contributed by atoms with Crippen LogP contribution in [0.4, 0.5) is 0 Å². The van der Waals surface area contributed by atoms with E-state index in [1.54, 1.807) is 21.1 Å². The van der Waals surface area contributed by atoms with E-state index < -0.39 is 36.6 Å². The minimum Gasteiger partial charge on any atom is -0.739 e. The summed E-state index contributed by atoms with van der Waals surface area (Å²) in [6, 6.07) is 0. The molecule has 26 heavy (non-hydrogen) atoms. The molecule has 0 radical (unpaired) electrons. The van der Waals surface area contributed by atoms with Gasteiger partial charge in [0.1, 0.15) is 0 Å². The SMILES string of the molecule is CC(C(=O)C(C)(/[N+]([O-])=N/[O-])/[N+]([O-])=N/[O-])(/[N+]([O-])=N/[O-])/[N+]([O-])=N/[O-].[K+].[K+].[K+].[K+]. The number of nitrogens with zero attached hydrogens (tertiary/aromatic N) is 8. The van der Waals surface area contributed by atoms with Gasteiger partial charge >= 0.3 is 223 Å². The smallest absolute Gasteiger partial charge is 0.739 e. The van der Waals surface area contributed by atoms with Crippen LogP contribution in [0.25, 0.3) is 0 Å². The molecular weight excluding hydrogens is 472 g/mol. The fourth-order valence-corrected chi connectivity index (χ4v) is 1.26. The molecule has 0 unspecified atom stereocenters. The van der Waals surface area contributed by atoms with Gasteiger partial charge in [-0.25, -0.2) is 0 Å². The molecule has 0 bridgehead atoms. The van der Waals surface area contributed by atoms with E-state index in [1.165, 1.54) is 0 Å². The van der Waals surface area contributed by atoms with Crippen molar-refractivity contribution in [3.8, 4) is 0 Å². The summed E-state index contributed by atoms with van der Waals surface area (Å²) < 4.78 is 0. The molecule has 0 saturated heterocycles. The summed E-state index contributed by atoms with van der Waals surface area (Å²) in [5.74, 6) is -2.20. The van der Waals surface area contributed by atoms with Crippen LogP contribution >= 0.6 is 0 Å². The van der Waals surface area contributed by atoms with Gasteiger partial charge in [-0.2, -0.15) is 0 Å². The fraction of sp³-hybridized carbons (Fsp3) is 0.800. The van der Waals surface area contributed by atoms with Crippen molar-refractivity contribution in [2.75, 3.05) is 0 Å². The van der Waals surface area contributed by atoms with Gasteiger partial charge in [-0.1, -0.05) is 0 Å². The van der Waals surface area contributed by atoms with Crippen LogP contribution in [0.3, 0.4) is 0 Å². The normalized spacial score (nSPS) is 13.3. The van der Waals surface area contributed by atoms with Crippen molar-refractivity contribution in [1.29, 1.82) is 0 Å². The quantitative estimate of drug-likeness (QED) is 0.115. The average molecular weight is 479 g/mol. The molecule has 0 rings (SSSR count). The van der Waals surface area contributed by atoms with E-state index in [2.05, 4.69) is 0 Å². The molecular formula is C5H6K4N8O9. The standard InChI is InChI=1S/C5H10N8O9.4K/c1-4(10(19)6-15,11(20)7-16)3(14)5(2,12(21)8-17)13(22)9-18;;;;/h15-18H,1-2H3;;;;/q;4*+1/p-4/b10-6-,11-7-,12-8-,13-9-;;;;. The predicted molar refractivity (Wildman–Crippen MR) is 59.5 cm³/mol. The van der Waals surface area contributed by atoms with Gasteiger partial charge in [0.05, 0.1) is 13.8 Å². The Bertz CT molecular complexity index is 498. The van der Waals surface area contributed by atoms with E-state index in [-0.39, 0.29) is 219 Å². The zero-order valence-electron chi connectivity index (χ0n) is 14.8. The van der Waals surface area contributed by atoms with Gasteiger partial charge < -0.3 is 41.7 Å². The third kappa shape index (κ3) is 8.27. The topological polar surface area (TPSA) is 263 Å². The van der Waals surface area contributed by atoms with Crippen LogP contribution in [0.15, 0.2) is 21.1 Å². The predicted octanol–water partition coefficient (Wildman–Crippen LogP) is -12.2. The number of hydrogen-bond donors (Lipinski definition) is 0. The monoisotopic (exact) mass is 478 g/mol. The summed E-state index contributed by atoms with van der Waals surface area (Å²) in [4.78, 5) is 7.29. The molecule has 0 spiro atoms. The average Bonchev–Trinajstić information content (AvgIpc) is 2.55. The maximum absolute atomic E-state index is 12.1. The van der Waals surface area contributed by atoms with E-state index in [1.807, 2.05) is 0 Å². The second-order valence-electron chi connectivity index (χ2n) is 3.79. The first-order valence-corrected chi connectivity index (χ1v) is 4.86. The van der Waals surface area contributed by atoms with Gasteiger partial charge in [0, 0.05) is 0 Å². The zero-order valence-corrected chi connectivity index (χ0v) is 27.2. The van der Waals surface area contributed by atoms with Gasteiger partial charge in [-0.05, 0) is 40.6 Å². The van der Waals surface area contributed by atoms with Crippen LogP contribution in [0, 0.1) is 41.7 Å². The maximum atomic E-state index is 12.1. The van der Waals surface area contributed by atoms with E-state index in [0.717, 1.165) is 0 Å². The van der Waals surface area contributed by atoms with E-state index in [0.29, 0.717) is 0 Å². The molecule has 0 aliphatic rings. The van der Waals surface area contributed by atoms with Crippen LogP contribution < -0.4 is 206 Å². The Hall–Kier alpha value is 3.02. The van der Waals surface area contributed by atoms with Crippen molar-refractivity contribution in [3.63, 3.8) is 0 Å². The van der Waals surface area contributed by atoms with Crippen LogP contribution in [0.2, 0.25) is 0 Å². The molecule has 0 aromatic heterocycles. The van der Waals surface area contributed by atoms with Gasteiger partial charge in [0.2, 0.25) is 0 Å². The Morgan fingerprint density at radius 2 is 0.769 bits per heavy atom. The van der Waals surface area contributed by atoms with Crippen LogP contribution in [-0.4, -0.2) is 36.6 Å². The molecule has 0 aromatic carbocycles. The minimum absolute atomic E-state index is 0. The van der Waals surface area contributed by atoms with Crippen LogP contribution in [0.5, 0.6) is 0 Å². The van der Waals surface area contributed by atoms with Crippen LogP contribution in [0.1, 0.15) is 13.8 Å². The Kier molecular flexibility index (Phi) is 26.8.